The summed E-state index contributed by atoms with van der Waals surface area (Å²) in [5.74, 6) is 0.167. The van der Waals surface area contributed by atoms with Crippen molar-refractivity contribution in [2.45, 2.75) is 13.0 Å². The van der Waals surface area contributed by atoms with Crippen LogP contribution in [0.1, 0.15) is 22.3 Å². The first-order chi connectivity index (χ1) is 11.6. The minimum absolute atomic E-state index is 0.0759. The summed E-state index contributed by atoms with van der Waals surface area (Å²) in [6.45, 7) is 2.32. The Morgan fingerprint density at radius 3 is 2.62 bits per heavy atom. The molecule has 0 spiro atoms. The maximum Gasteiger partial charge on any atom is 0.255 e. The van der Waals surface area contributed by atoms with E-state index in [0.717, 1.165) is 19.5 Å². The predicted octanol–water partition coefficient (Wildman–Crippen LogP) is 2.65. The molecule has 0 heterocycles. The van der Waals surface area contributed by atoms with Gasteiger partial charge in [-0.05, 0) is 37.7 Å². The van der Waals surface area contributed by atoms with Crippen LogP contribution in [-0.2, 0) is 6.54 Å². The lowest BCUT2D eigenvalue weighted by atomic mass is 10.1. The highest BCUT2D eigenvalue weighted by Gasteiger charge is 2.11. The highest BCUT2D eigenvalue weighted by Crippen LogP contribution is 2.23. The Labute approximate surface area is 142 Å². The van der Waals surface area contributed by atoms with Gasteiger partial charge in [0.25, 0.3) is 5.91 Å². The minimum Gasteiger partial charge on any atom is -0.507 e. The van der Waals surface area contributed by atoms with Crippen LogP contribution in [0.3, 0.4) is 0 Å². The lowest BCUT2D eigenvalue weighted by Crippen LogP contribution is -2.28. The topological polar surface area (TPSA) is 61.8 Å². The van der Waals surface area contributed by atoms with Crippen LogP contribution in [-0.4, -0.2) is 43.2 Å². The van der Waals surface area contributed by atoms with Gasteiger partial charge in [0, 0.05) is 19.2 Å². The van der Waals surface area contributed by atoms with Gasteiger partial charge in [0.05, 0.1) is 12.7 Å². The number of nitrogens with one attached hydrogen (secondary N) is 1. The number of phenolic OH excluding ortho intramolecular Hbond substituents is 1. The van der Waals surface area contributed by atoms with Crippen LogP contribution in [0, 0.1) is 0 Å². The Hall–Kier alpha value is -2.53. The van der Waals surface area contributed by atoms with E-state index >= 15 is 0 Å². The number of phenols is 1. The number of carbonyl (C=O) groups is 1. The molecule has 0 saturated carbocycles. The zero-order valence-electron chi connectivity index (χ0n) is 14.2. The fourth-order valence-electron chi connectivity index (χ4n) is 2.45. The molecule has 0 radical (unpaired) electrons. The fourth-order valence-corrected chi connectivity index (χ4v) is 2.45. The number of nitrogens with zero attached hydrogens (tertiary/aromatic N) is 1. The van der Waals surface area contributed by atoms with Gasteiger partial charge >= 0.3 is 0 Å². The van der Waals surface area contributed by atoms with Crippen LogP contribution < -0.4 is 10.1 Å². The summed E-state index contributed by atoms with van der Waals surface area (Å²) in [6.07, 6.45) is 0.839. The molecule has 2 aromatic carbocycles. The molecular formula is C19H24N2O3. The van der Waals surface area contributed by atoms with Gasteiger partial charge in [-0.3, -0.25) is 4.79 Å². The van der Waals surface area contributed by atoms with E-state index < -0.39 is 0 Å². The van der Waals surface area contributed by atoms with Crippen molar-refractivity contribution in [3.8, 4) is 11.5 Å². The molecule has 0 saturated heterocycles. The molecule has 0 bridgehead atoms. The molecule has 24 heavy (non-hydrogen) atoms. The molecule has 0 aliphatic heterocycles. The second-order valence-electron chi connectivity index (χ2n) is 5.72. The van der Waals surface area contributed by atoms with Gasteiger partial charge in [-0.25, -0.2) is 0 Å². The Kier molecular flexibility index (Phi) is 6.63. The van der Waals surface area contributed by atoms with E-state index in [4.69, 9.17) is 4.74 Å². The van der Waals surface area contributed by atoms with Crippen molar-refractivity contribution in [1.82, 2.24) is 10.2 Å². The van der Waals surface area contributed by atoms with E-state index in [1.54, 1.807) is 12.1 Å². The SMILES string of the molecule is COc1ccc(C(=O)NCCCN(C)Cc2ccccc2)c(O)c1. The second kappa shape index (κ2) is 8.93. The first kappa shape index (κ1) is 17.8. The number of hydrogen-bond donors (Lipinski definition) is 2. The number of amides is 1. The molecular weight excluding hydrogens is 304 g/mol. The highest BCUT2D eigenvalue weighted by atomic mass is 16.5. The number of hydrogen-bond acceptors (Lipinski definition) is 4. The summed E-state index contributed by atoms with van der Waals surface area (Å²) >= 11 is 0. The van der Waals surface area contributed by atoms with Crippen molar-refractivity contribution in [2.75, 3.05) is 27.2 Å². The second-order valence-corrected chi connectivity index (χ2v) is 5.72. The smallest absolute Gasteiger partial charge is 0.255 e. The molecule has 2 N–H and O–H groups in total. The van der Waals surface area contributed by atoms with Crippen molar-refractivity contribution < 1.29 is 14.6 Å². The number of ether oxygens (including phenoxy) is 1. The minimum atomic E-state index is -0.277. The molecule has 5 heteroatoms. The summed E-state index contributed by atoms with van der Waals surface area (Å²) in [4.78, 5) is 14.3. The van der Waals surface area contributed by atoms with Crippen LogP contribution in [0.15, 0.2) is 48.5 Å². The van der Waals surface area contributed by atoms with Crippen LogP contribution in [0.25, 0.3) is 0 Å². The van der Waals surface area contributed by atoms with Crippen molar-refractivity contribution in [3.63, 3.8) is 0 Å². The third-order valence-electron chi connectivity index (χ3n) is 3.75. The lowest BCUT2D eigenvalue weighted by molar-refractivity contribution is 0.0949. The Balaban J connectivity index is 1.73. The number of carbonyl (C=O) groups excluding carboxylic acids is 1. The van der Waals surface area contributed by atoms with Crippen LogP contribution >= 0.6 is 0 Å². The predicted molar refractivity (Wildman–Crippen MR) is 94.4 cm³/mol. The molecule has 0 unspecified atom stereocenters. The van der Waals surface area contributed by atoms with Gasteiger partial charge in [0.2, 0.25) is 0 Å². The fraction of sp³-hybridized carbons (Fsp3) is 0.316. The third kappa shape index (κ3) is 5.28. The average Bonchev–Trinajstić information content (AvgIpc) is 2.59. The zero-order valence-corrected chi connectivity index (χ0v) is 14.2. The number of rotatable bonds is 8. The van der Waals surface area contributed by atoms with Crippen molar-refractivity contribution in [3.05, 3.63) is 59.7 Å². The summed E-state index contributed by atoms with van der Waals surface area (Å²) < 4.78 is 5.01. The maximum atomic E-state index is 12.1. The van der Waals surface area contributed by atoms with Gasteiger partial charge in [0.1, 0.15) is 11.5 Å². The van der Waals surface area contributed by atoms with Crippen LogP contribution in [0.2, 0.25) is 0 Å². The Bertz CT molecular complexity index is 659. The largest absolute Gasteiger partial charge is 0.507 e. The van der Waals surface area contributed by atoms with Crippen LogP contribution in [0.4, 0.5) is 0 Å². The van der Waals surface area contributed by atoms with E-state index in [-0.39, 0.29) is 17.2 Å². The highest BCUT2D eigenvalue weighted by molar-refractivity contribution is 5.96. The lowest BCUT2D eigenvalue weighted by Gasteiger charge is -2.16. The van der Waals surface area contributed by atoms with E-state index in [0.29, 0.717) is 12.3 Å². The summed E-state index contributed by atoms with van der Waals surface area (Å²) in [5.41, 5.74) is 1.53. The molecule has 128 valence electrons. The molecule has 2 aromatic rings. The molecule has 0 fully saturated rings. The third-order valence-corrected chi connectivity index (χ3v) is 3.75. The van der Waals surface area contributed by atoms with Gasteiger partial charge in [-0.2, -0.15) is 0 Å². The van der Waals surface area contributed by atoms with Crippen molar-refractivity contribution in [1.29, 1.82) is 0 Å². The quantitative estimate of drug-likeness (QED) is 0.731. The Morgan fingerprint density at radius 2 is 1.96 bits per heavy atom. The standard InChI is InChI=1S/C19H24N2O3/c1-21(14-15-7-4-3-5-8-15)12-6-11-20-19(23)17-10-9-16(24-2)13-18(17)22/h3-5,7-10,13,22H,6,11-12,14H2,1-2H3,(H,20,23). The molecule has 1 amide bonds. The van der Waals surface area contributed by atoms with Gasteiger partial charge < -0.3 is 20.1 Å². The number of methoxy groups -OCH3 is 1. The monoisotopic (exact) mass is 328 g/mol. The summed E-state index contributed by atoms with van der Waals surface area (Å²) in [6, 6.07) is 14.9. The number of benzene rings is 2. The molecule has 2 rings (SSSR count). The van der Waals surface area contributed by atoms with E-state index in [1.165, 1.54) is 18.7 Å². The normalized spacial score (nSPS) is 10.6. The summed E-state index contributed by atoms with van der Waals surface area (Å²) in [5, 5.41) is 12.7. The van der Waals surface area contributed by atoms with E-state index in [9.17, 15) is 9.90 Å². The molecule has 0 aliphatic carbocycles. The van der Waals surface area contributed by atoms with Crippen molar-refractivity contribution in [2.24, 2.45) is 0 Å². The molecule has 0 aromatic heterocycles. The van der Waals surface area contributed by atoms with Crippen molar-refractivity contribution >= 4 is 5.91 Å². The first-order valence-electron chi connectivity index (χ1n) is 7.98. The molecule has 5 nitrogen and oxygen atoms in total. The van der Waals surface area contributed by atoms with Crippen LogP contribution in [0.5, 0.6) is 11.5 Å². The summed E-state index contributed by atoms with van der Waals surface area (Å²) in [7, 11) is 3.57. The molecule has 0 aliphatic rings. The molecule has 0 atom stereocenters. The Morgan fingerprint density at radius 1 is 1.21 bits per heavy atom. The maximum absolute atomic E-state index is 12.1. The van der Waals surface area contributed by atoms with Gasteiger partial charge in [0.15, 0.2) is 0 Å². The first-order valence-corrected chi connectivity index (χ1v) is 7.98. The average molecular weight is 328 g/mol. The van der Waals surface area contributed by atoms with Gasteiger partial charge in [-0.15, -0.1) is 0 Å². The van der Waals surface area contributed by atoms with Gasteiger partial charge in [-0.1, -0.05) is 30.3 Å². The van der Waals surface area contributed by atoms with E-state index in [1.807, 2.05) is 18.2 Å². The number of aromatic hydroxyl groups is 1. The zero-order chi connectivity index (χ0) is 17.4. The van der Waals surface area contributed by atoms with E-state index in [2.05, 4.69) is 29.4 Å².